The van der Waals surface area contributed by atoms with Gasteiger partial charge in [-0.1, -0.05) is 18.2 Å². The highest BCUT2D eigenvalue weighted by atomic mass is 32.2. The van der Waals surface area contributed by atoms with Gasteiger partial charge in [-0.2, -0.15) is 0 Å². The number of rotatable bonds is 1. The zero-order valence-corrected chi connectivity index (χ0v) is 9.92. The standard InChI is InChI=1S/C12H12N2O2S/c13-11-7-14-6-10(11)9-3-1-2-8-4-5-17(15,16)12(8)9/h1-3,6-7,14H,4-5,13H2. The maximum absolute atomic E-state index is 12.0. The van der Waals surface area contributed by atoms with Crippen LogP contribution in [0.1, 0.15) is 5.56 Å². The molecular weight excluding hydrogens is 236 g/mol. The predicted molar refractivity (Wildman–Crippen MR) is 66.4 cm³/mol. The molecule has 0 atom stereocenters. The van der Waals surface area contributed by atoms with Crippen molar-refractivity contribution in [3.63, 3.8) is 0 Å². The van der Waals surface area contributed by atoms with Crippen LogP contribution in [0.15, 0.2) is 35.5 Å². The van der Waals surface area contributed by atoms with Crippen LogP contribution >= 0.6 is 0 Å². The van der Waals surface area contributed by atoms with Crippen molar-refractivity contribution in [2.24, 2.45) is 0 Å². The van der Waals surface area contributed by atoms with Gasteiger partial charge in [-0.25, -0.2) is 8.42 Å². The number of nitrogens with one attached hydrogen (secondary N) is 1. The van der Waals surface area contributed by atoms with Gasteiger partial charge in [-0.15, -0.1) is 0 Å². The molecule has 17 heavy (non-hydrogen) atoms. The van der Waals surface area contributed by atoms with Crippen molar-refractivity contribution in [2.75, 3.05) is 11.5 Å². The largest absolute Gasteiger partial charge is 0.397 e. The lowest BCUT2D eigenvalue weighted by molar-refractivity contribution is 0.600. The van der Waals surface area contributed by atoms with E-state index in [9.17, 15) is 8.42 Å². The lowest BCUT2D eigenvalue weighted by Gasteiger charge is -2.07. The van der Waals surface area contributed by atoms with Crippen LogP contribution in [0.25, 0.3) is 11.1 Å². The van der Waals surface area contributed by atoms with Crippen molar-refractivity contribution in [1.29, 1.82) is 0 Å². The summed E-state index contributed by atoms with van der Waals surface area (Å²) in [5, 5.41) is 0. The fourth-order valence-corrected chi connectivity index (χ4v) is 4.09. The quantitative estimate of drug-likeness (QED) is 0.804. The fraction of sp³-hybridized carbons (Fsp3) is 0.167. The van der Waals surface area contributed by atoms with Gasteiger partial charge in [0.05, 0.1) is 16.3 Å². The highest BCUT2D eigenvalue weighted by Gasteiger charge is 2.29. The van der Waals surface area contributed by atoms with Gasteiger partial charge in [-0.05, 0) is 12.0 Å². The number of sulfone groups is 1. The first-order valence-corrected chi connectivity index (χ1v) is 7.02. The second kappa shape index (κ2) is 3.37. The molecule has 2 aromatic rings. The summed E-state index contributed by atoms with van der Waals surface area (Å²) in [4.78, 5) is 3.35. The van der Waals surface area contributed by atoms with Crippen LogP contribution in [0.5, 0.6) is 0 Å². The molecule has 1 aliphatic heterocycles. The molecular formula is C12H12N2O2S. The number of hydrogen-bond donors (Lipinski definition) is 2. The number of aryl methyl sites for hydroxylation is 1. The molecule has 2 heterocycles. The molecule has 0 saturated carbocycles. The zero-order chi connectivity index (χ0) is 12.0. The third kappa shape index (κ3) is 1.46. The van der Waals surface area contributed by atoms with Crippen molar-refractivity contribution in [3.8, 4) is 11.1 Å². The first kappa shape index (κ1) is 10.4. The number of nitrogen functional groups attached to an aromatic ring is 1. The Balaban J connectivity index is 2.35. The lowest BCUT2D eigenvalue weighted by atomic mass is 10.0. The molecule has 1 aromatic heterocycles. The molecule has 0 unspecified atom stereocenters. The van der Waals surface area contributed by atoms with E-state index in [4.69, 9.17) is 5.73 Å². The third-order valence-corrected chi connectivity index (χ3v) is 4.96. The fourth-order valence-electron chi connectivity index (χ4n) is 2.32. The highest BCUT2D eigenvalue weighted by molar-refractivity contribution is 7.91. The van der Waals surface area contributed by atoms with Gasteiger partial charge < -0.3 is 10.7 Å². The van der Waals surface area contributed by atoms with E-state index in [0.717, 1.165) is 11.1 Å². The Kier molecular flexibility index (Phi) is 2.06. The average molecular weight is 248 g/mol. The third-order valence-electron chi connectivity index (χ3n) is 3.12. The second-order valence-corrected chi connectivity index (χ2v) is 6.23. The van der Waals surface area contributed by atoms with Gasteiger partial charge in [0.25, 0.3) is 0 Å². The van der Waals surface area contributed by atoms with Gasteiger partial charge in [0, 0.05) is 23.5 Å². The van der Waals surface area contributed by atoms with Crippen LogP contribution < -0.4 is 5.73 Å². The molecule has 0 fully saturated rings. The Morgan fingerprint density at radius 2 is 2.00 bits per heavy atom. The van der Waals surface area contributed by atoms with Crippen LogP contribution in [0, 0.1) is 0 Å². The summed E-state index contributed by atoms with van der Waals surface area (Å²) in [5.74, 6) is 0.198. The molecule has 1 aliphatic rings. The molecule has 1 aromatic carbocycles. The van der Waals surface area contributed by atoms with Crippen LogP contribution in [0.4, 0.5) is 5.69 Å². The minimum atomic E-state index is -3.15. The normalized spacial score (nSPS) is 16.9. The minimum absolute atomic E-state index is 0.198. The lowest BCUT2D eigenvalue weighted by Crippen LogP contribution is -2.01. The number of hydrogen-bond acceptors (Lipinski definition) is 3. The van der Waals surface area contributed by atoms with E-state index in [-0.39, 0.29) is 5.75 Å². The molecule has 0 radical (unpaired) electrons. The Labute approximate surface area is 99.4 Å². The smallest absolute Gasteiger partial charge is 0.179 e. The maximum atomic E-state index is 12.0. The van der Waals surface area contributed by atoms with Crippen LogP contribution in [0.3, 0.4) is 0 Å². The SMILES string of the molecule is Nc1c[nH]cc1-c1cccc2c1S(=O)(=O)CC2. The molecule has 0 saturated heterocycles. The van der Waals surface area contributed by atoms with Crippen molar-refractivity contribution in [1.82, 2.24) is 4.98 Å². The van der Waals surface area contributed by atoms with E-state index in [1.165, 1.54) is 0 Å². The summed E-state index contributed by atoms with van der Waals surface area (Å²) in [6.07, 6.45) is 3.99. The molecule has 0 amide bonds. The predicted octanol–water partition coefficient (Wildman–Crippen LogP) is 1.59. The zero-order valence-electron chi connectivity index (χ0n) is 9.10. The molecule has 3 N–H and O–H groups in total. The summed E-state index contributed by atoms with van der Waals surface area (Å²) in [7, 11) is -3.15. The van der Waals surface area contributed by atoms with E-state index in [1.807, 2.05) is 12.1 Å². The van der Waals surface area contributed by atoms with Gasteiger partial charge in [0.2, 0.25) is 0 Å². The number of benzene rings is 1. The van der Waals surface area contributed by atoms with E-state index in [1.54, 1.807) is 18.5 Å². The first-order valence-electron chi connectivity index (χ1n) is 5.37. The maximum Gasteiger partial charge on any atom is 0.179 e. The summed E-state index contributed by atoms with van der Waals surface area (Å²) in [6, 6.07) is 5.55. The molecule has 3 rings (SSSR count). The monoisotopic (exact) mass is 248 g/mol. The van der Waals surface area contributed by atoms with E-state index in [0.29, 0.717) is 22.6 Å². The molecule has 0 aliphatic carbocycles. The topological polar surface area (TPSA) is 76.0 Å². The average Bonchev–Trinajstić information content (AvgIpc) is 2.84. The Morgan fingerprint density at radius 3 is 2.71 bits per heavy atom. The van der Waals surface area contributed by atoms with E-state index < -0.39 is 9.84 Å². The summed E-state index contributed by atoms with van der Waals surface area (Å²) in [5.41, 5.74) is 8.75. The van der Waals surface area contributed by atoms with E-state index in [2.05, 4.69) is 4.98 Å². The van der Waals surface area contributed by atoms with Gasteiger partial charge >= 0.3 is 0 Å². The molecule has 0 spiro atoms. The highest BCUT2D eigenvalue weighted by Crippen LogP contribution is 2.37. The minimum Gasteiger partial charge on any atom is -0.397 e. The van der Waals surface area contributed by atoms with Gasteiger partial charge in [-0.3, -0.25) is 0 Å². The Hall–Kier alpha value is -1.75. The molecule has 0 bridgehead atoms. The number of anilines is 1. The van der Waals surface area contributed by atoms with Crippen LogP contribution in [-0.2, 0) is 16.3 Å². The Morgan fingerprint density at radius 1 is 1.18 bits per heavy atom. The summed E-state index contributed by atoms with van der Waals surface area (Å²) < 4.78 is 24.1. The number of aromatic nitrogens is 1. The number of H-pyrrole nitrogens is 1. The second-order valence-electron chi connectivity index (χ2n) is 4.19. The molecule has 4 nitrogen and oxygen atoms in total. The van der Waals surface area contributed by atoms with Crippen LogP contribution in [-0.4, -0.2) is 19.2 Å². The number of aromatic amines is 1. The van der Waals surface area contributed by atoms with Crippen molar-refractivity contribution < 1.29 is 8.42 Å². The first-order chi connectivity index (χ1) is 8.09. The number of nitrogens with two attached hydrogens (primary N) is 1. The van der Waals surface area contributed by atoms with Crippen LogP contribution in [0.2, 0.25) is 0 Å². The summed E-state index contributed by atoms with van der Waals surface area (Å²) in [6.45, 7) is 0. The Bertz CT molecular complexity index is 686. The van der Waals surface area contributed by atoms with Crippen molar-refractivity contribution >= 4 is 15.5 Å². The summed E-state index contributed by atoms with van der Waals surface area (Å²) >= 11 is 0. The van der Waals surface area contributed by atoms with Gasteiger partial charge in [0.15, 0.2) is 9.84 Å². The van der Waals surface area contributed by atoms with Crippen molar-refractivity contribution in [3.05, 3.63) is 36.2 Å². The van der Waals surface area contributed by atoms with E-state index >= 15 is 0 Å². The number of fused-ring (bicyclic) bond motifs is 1. The van der Waals surface area contributed by atoms with Gasteiger partial charge in [0.1, 0.15) is 0 Å². The molecule has 5 heteroatoms. The van der Waals surface area contributed by atoms with Crippen molar-refractivity contribution in [2.45, 2.75) is 11.3 Å². The molecule has 88 valence electrons.